The van der Waals surface area contributed by atoms with Crippen molar-refractivity contribution < 1.29 is 4.79 Å². The van der Waals surface area contributed by atoms with Crippen molar-refractivity contribution in [2.75, 3.05) is 0 Å². The molecule has 4 heteroatoms. The van der Waals surface area contributed by atoms with Crippen molar-refractivity contribution in [1.29, 1.82) is 0 Å². The van der Waals surface area contributed by atoms with E-state index in [9.17, 15) is 4.79 Å². The maximum Gasteiger partial charge on any atom is 0.265 e. The van der Waals surface area contributed by atoms with Crippen molar-refractivity contribution in [3.05, 3.63) is 34.9 Å². The molecule has 0 heterocycles. The van der Waals surface area contributed by atoms with Crippen molar-refractivity contribution in [3.8, 4) is 0 Å². The molecular weight excluding hydrogens is 185 g/mol. The van der Waals surface area contributed by atoms with Crippen molar-refractivity contribution >= 4 is 29.3 Å². The molecule has 0 radical (unpaired) electrons. The maximum atomic E-state index is 10.8. The van der Waals surface area contributed by atoms with Gasteiger partial charge in [-0.2, -0.15) is 0 Å². The molecule has 0 atom stereocenters. The summed E-state index contributed by atoms with van der Waals surface area (Å²) in [4.78, 5) is 12.8. The molecule has 0 aliphatic rings. The molecule has 0 bridgehead atoms. The van der Waals surface area contributed by atoms with E-state index in [2.05, 4.69) is 0 Å². The highest BCUT2D eigenvalue weighted by Gasteiger charge is 2.01. The van der Waals surface area contributed by atoms with Gasteiger partial charge in [-0.1, -0.05) is 11.6 Å². The topological polar surface area (TPSA) is 29.1 Å². The molecule has 0 aliphatic heterocycles. The van der Waals surface area contributed by atoms with Crippen molar-refractivity contribution in [1.82, 2.24) is 4.84 Å². The largest absolute Gasteiger partial charge is 0.268 e. The smallest absolute Gasteiger partial charge is 0.265 e. The Morgan fingerprint density at radius 2 is 1.82 bits per heavy atom. The number of benzene rings is 1. The third-order valence-electron chi connectivity index (χ3n) is 1.19. The van der Waals surface area contributed by atoms with Gasteiger partial charge in [-0.25, -0.2) is 0 Å². The number of hydrogen-bond donors (Lipinski definition) is 1. The number of halogens is 2. The van der Waals surface area contributed by atoms with Crippen molar-refractivity contribution in [2.24, 2.45) is 0 Å². The summed E-state index contributed by atoms with van der Waals surface area (Å²) in [5.41, 5.74) is 0.490. The second-order valence-corrected chi connectivity index (χ2v) is 2.56. The van der Waals surface area contributed by atoms with Gasteiger partial charge in [-0.15, -0.1) is 0 Å². The third-order valence-corrected chi connectivity index (χ3v) is 1.62. The van der Waals surface area contributed by atoms with E-state index in [0.29, 0.717) is 10.6 Å². The highest BCUT2D eigenvalue weighted by atomic mass is 35.5. The fourth-order valence-electron chi connectivity index (χ4n) is 0.656. The Balaban J connectivity index is 2.90. The first kappa shape index (κ1) is 8.37. The molecular formula is C7H5Cl2NO. The predicted molar refractivity (Wildman–Crippen MR) is 44.8 cm³/mol. The summed E-state index contributed by atoms with van der Waals surface area (Å²) in [7, 11) is 0. The van der Waals surface area contributed by atoms with E-state index in [1.165, 1.54) is 0 Å². The Kier molecular flexibility index (Phi) is 2.74. The lowest BCUT2D eigenvalue weighted by Gasteiger charge is -1.96. The molecule has 2 nitrogen and oxygen atoms in total. The standard InChI is InChI=1S/C7H5Cl2NO/c8-6-3-1-5(2-4-6)7(11)10-9/h1-4H,(H,10,11). The molecule has 0 aromatic heterocycles. The van der Waals surface area contributed by atoms with E-state index in [-0.39, 0.29) is 5.91 Å². The molecule has 1 aromatic carbocycles. The molecule has 0 fully saturated rings. The molecule has 0 saturated carbocycles. The second-order valence-electron chi connectivity index (χ2n) is 1.93. The SMILES string of the molecule is O=C(NCl)c1ccc(Cl)cc1. The Labute approximate surface area is 74.2 Å². The predicted octanol–water partition coefficient (Wildman–Crippen LogP) is 2.22. The highest BCUT2D eigenvalue weighted by Crippen LogP contribution is 2.09. The van der Waals surface area contributed by atoms with Crippen LogP contribution in [0.5, 0.6) is 0 Å². The van der Waals surface area contributed by atoms with Crippen LogP contribution in [-0.2, 0) is 0 Å². The molecule has 11 heavy (non-hydrogen) atoms. The molecule has 0 saturated heterocycles. The summed E-state index contributed by atoms with van der Waals surface area (Å²) in [6.45, 7) is 0. The lowest BCUT2D eigenvalue weighted by molar-refractivity contribution is 0.0982. The first-order valence-corrected chi connectivity index (χ1v) is 3.66. The van der Waals surface area contributed by atoms with Crippen LogP contribution in [-0.4, -0.2) is 5.91 Å². The summed E-state index contributed by atoms with van der Waals surface area (Å²) in [6, 6.07) is 6.45. The Morgan fingerprint density at radius 1 is 1.27 bits per heavy atom. The van der Waals surface area contributed by atoms with Gasteiger partial charge in [0.05, 0.1) is 0 Å². The van der Waals surface area contributed by atoms with Crippen LogP contribution >= 0.6 is 23.4 Å². The number of amides is 1. The zero-order valence-electron chi connectivity index (χ0n) is 5.47. The van der Waals surface area contributed by atoms with Gasteiger partial charge in [0.15, 0.2) is 0 Å². The normalized spacial score (nSPS) is 9.27. The fraction of sp³-hybridized carbons (Fsp3) is 0. The van der Waals surface area contributed by atoms with Crippen LogP contribution < -0.4 is 4.84 Å². The molecule has 58 valence electrons. The summed E-state index contributed by atoms with van der Waals surface area (Å²) < 4.78 is 0. The number of nitrogens with one attached hydrogen (secondary N) is 1. The van der Waals surface area contributed by atoms with Crippen molar-refractivity contribution in [2.45, 2.75) is 0 Å². The van der Waals surface area contributed by atoms with Gasteiger partial charge in [-0.05, 0) is 24.3 Å². The molecule has 1 N–H and O–H groups in total. The molecule has 1 aromatic rings. The highest BCUT2D eigenvalue weighted by molar-refractivity contribution is 6.30. The quantitative estimate of drug-likeness (QED) is 0.675. The lowest BCUT2D eigenvalue weighted by Crippen LogP contribution is -2.11. The molecule has 1 rings (SSSR count). The van der Waals surface area contributed by atoms with Crippen LogP contribution in [0.2, 0.25) is 5.02 Å². The number of rotatable bonds is 1. The lowest BCUT2D eigenvalue weighted by atomic mass is 10.2. The fourth-order valence-corrected chi connectivity index (χ4v) is 0.891. The zero-order valence-corrected chi connectivity index (χ0v) is 6.99. The zero-order chi connectivity index (χ0) is 8.27. The molecule has 0 spiro atoms. The molecule has 0 unspecified atom stereocenters. The van der Waals surface area contributed by atoms with E-state index in [4.69, 9.17) is 23.4 Å². The minimum absolute atomic E-state index is 0.330. The minimum Gasteiger partial charge on any atom is -0.268 e. The van der Waals surface area contributed by atoms with Crippen LogP contribution in [0.15, 0.2) is 24.3 Å². The van der Waals surface area contributed by atoms with Crippen LogP contribution in [0.4, 0.5) is 0 Å². The first-order valence-electron chi connectivity index (χ1n) is 2.90. The van der Waals surface area contributed by atoms with Crippen molar-refractivity contribution in [3.63, 3.8) is 0 Å². The summed E-state index contributed by atoms with van der Waals surface area (Å²) >= 11 is 10.7. The van der Waals surface area contributed by atoms with Crippen LogP contribution in [0.3, 0.4) is 0 Å². The molecule has 0 aliphatic carbocycles. The number of carbonyl (C=O) groups is 1. The number of hydrogen-bond acceptors (Lipinski definition) is 1. The summed E-state index contributed by atoms with van der Waals surface area (Å²) in [5, 5.41) is 0.594. The summed E-state index contributed by atoms with van der Waals surface area (Å²) in [5.74, 6) is -0.330. The second kappa shape index (κ2) is 3.60. The van der Waals surface area contributed by atoms with Gasteiger partial charge < -0.3 is 0 Å². The van der Waals surface area contributed by atoms with Gasteiger partial charge >= 0.3 is 0 Å². The average molecular weight is 190 g/mol. The molecule has 1 amide bonds. The Hall–Kier alpha value is -0.730. The van der Waals surface area contributed by atoms with Gasteiger partial charge in [0.1, 0.15) is 0 Å². The number of carbonyl (C=O) groups excluding carboxylic acids is 1. The third kappa shape index (κ3) is 2.10. The van der Waals surface area contributed by atoms with Crippen LogP contribution in [0.25, 0.3) is 0 Å². The van der Waals surface area contributed by atoms with E-state index >= 15 is 0 Å². The van der Waals surface area contributed by atoms with Gasteiger partial charge in [-0.3, -0.25) is 9.63 Å². The Bertz CT molecular complexity index is 258. The van der Waals surface area contributed by atoms with E-state index < -0.39 is 0 Å². The van der Waals surface area contributed by atoms with Gasteiger partial charge in [0.25, 0.3) is 5.91 Å². The first-order chi connectivity index (χ1) is 5.24. The van der Waals surface area contributed by atoms with E-state index in [1.807, 2.05) is 4.84 Å². The van der Waals surface area contributed by atoms with Crippen LogP contribution in [0, 0.1) is 0 Å². The van der Waals surface area contributed by atoms with Gasteiger partial charge in [0.2, 0.25) is 0 Å². The van der Waals surface area contributed by atoms with Gasteiger partial charge in [0, 0.05) is 22.4 Å². The summed E-state index contributed by atoms with van der Waals surface area (Å²) in [6.07, 6.45) is 0. The average Bonchev–Trinajstić information content (AvgIpc) is 2.05. The van der Waals surface area contributed by atoms with E-state index in [1.54, 1.807) is 24.3 Å². The maximum absolute atomic E-state index is 10.8. The minimum atomic E-state index is -0.330. The Morgan fingerprint density at radius 3 is 2.27 bits per heavy atom. The van der Waals surface area contributed by atoms with Crippen LogP contribution in [0.1, 0.15) is 10.4 Å². The van der Waals surface area contributed by atoms with E-state index in [0.717, 1.165) is 0 Å². The monoisotopic (exact) mass is 189 g/mol.